The topological polar surface area (TPSA) is 68.9 Å². The standard InChI is InChI=1S/C18H18F3N3O3/c1-17(2,25)8-9-26-16-7-6-15-22-11-14(24(15)23-16)12-4-3-5-13(10-12)27-18(19,20)21/h3-7,10-11,25H,8-9H2,1-2H3. The molecule has 0 fully saturated rings. The first-order valence-electron chi connectivity index (χ1n) is 8.17. The van der Waals surface area contributed by atoms with Crippen molar-refractivity contribution in [3.8, 4) is 22.9 Å². The van der Waals surface area contributed by atoms with Gasteiger partial charge in [-0.15, -0.1) is 18.3 Å². The maximum Gasteiger partial charge on any atom is 0.573 e. The van der Waals surface area contributed by atoms with Crippen molar-refractivity contribution in [1.29, 1.82) is 0 Å². The third-order valence-corrected chi connectivity index (χ3v) is 3.67. The molecule has 144 valence electrons. The van der Waals surface area contributed by atoms with Gasteiger partial charge < -0.3 is 14.6 Å². The quantitative estimate of drug-likeness (QED) is 0.703. The van der Waals surface area contributed by atoms with Crippen molar-refractivity contribution in [1.82, 2.24) is 14.6 Å². The Kier molecular flexibility index (Phi) is 4.97. The van der Waals surface area contributed by atoms with Crippen LogP contribution in [0.15, 0.2) is 42.6 Å². The van der Waals surface area contributed by atoms with Gasteiger partial charge in [-0.1, -0.05) is 12.1 Å². The summed E-state index contributed by atoms with van der Waals surface area (Å²) in [5, 5.41) is 14.0. The monoisotopic (exact) mass is 381 g/mol. The van der Waals surface area contributed by atoms with Crippen LogP contribution in [0.25, 0.3) is 16.9 Å². The van der Waals surface area contributed by atoms with E-state index in [1.807, 2.05) is 0 Å². The molecule has 2 heterocycles. The third kappa shape index (κ3) is 5.10. The predicted octanol–water partition coefficient (Wildman–Crippen LogP) is 3.83. The number of alkyl halides is 3. The van der Waals surface area contributed by atoms with Gasteiger partial charge in [0.05, 0.1) is 24.1 Å². The molecule has 3 aromatic rings. The van der Waals surface area contributed by atoms with Crippen LogP contribution in [0.5, 0.6) is 11.6 Å². The second-order valence-corrected chi connectivity index (χ2v) is 6.57. The zero-order valence-corrected chi connectivity index (χ0v) is 14.7. The summed E-state index contributed by atoms with van der Waals surface area (Å²) >= 11 is 0. The molecular formula is C18H18F3N3O3. The van der Waals surface area contributed by atoms with Crippen LogP contribution in [0.4, 0.5) is 13.2 Å². The zero-order chi connectivity index (χ0) is 19.7. The van der Waals surface area contributed by atoms with E-state index in [2.05, 4.69) is 14.8 Å². The van der Waals surface area contributed by atoms with Gasteiger partial charge in [0.2, 0.25) is 5.88 Å². The second kappa shape index (κ2) is 7.07. The molecule has 0 radical (unpaired) electrons. The number of hydrogen-bond acceptors (Lipinski definition) is 5. The van der Waals surface area contributed by atoms with E-state index in [1.165, 1.54) is 28.9 Å². The van der Waals surface area contributed by atoms with Crippen molar-refractivity contribution in [2.24, 2.45) is 0 Å². The first kappa shape index (κ1) is 19.0. The highest BCUT2D eigenvalue weighted by molar-refractivity contribution is 5.64. The van der Waals surface area contributed by atoms with Crippen molar-refractivity contribution >= 4 is 5.65 Å². The molecule has 9 heteroatoms. The Morgan fingerprint density at radius 1 is 1.15 bits per heavy atom. The summed E-state index contributed by atoms with van der Waals surface area (Å²) in [6.45, 7) is 3.62. The zero-order valence-electron chi connectivity index (χ0n) is 14.7. The molecule has 0 aliphatic rings. The number of imidazole rings is 1. The first-order chi connectivity index (χ1) is 12.6. The molecule has 0 spiro atoms. The van der Waals surface area contributed by atoms with Gasteiger partial charge in [-0.2, -0.15) is 0 Å². The van der Waals surface area contributed by atoms with E-state index < -0.39 is 12.0 Å². The molecular weight excluding hydrogens is 363 g/mol. The highest BCUT2D eigenvalue weighted by Gasteiger charge is 2.31. The molecule has 0 aliphatic heterocycles. The maximum absolute atomic E-state index is 12.4. The highest BCUT2D eigenvalue weighted by Crippen LogP contribution is 2.28. The van der Waals surface area contributed by atoms with E-state index in [0.29, 0.717) is 29.2 Å². The smallest absolute Gasteiger partial charge is 0.477 e. The van der Waals surface area contributed by atoms with Crippen molar-refractivity contribution in [3.63, 3.8) is 0 Å². The average molecular weight is 381 g/mol. The lowest BCUT2D eigenvalue weighted by molar-refractivity contribution is -0.274. The Morgan fingerprint density at radius 3 is 2.63 bits per heavy atom. The number of aliphatic hydroxyl groups is 1. The van der Waals surface area contributed by atoms with Crippen LogP contribution in [0.2, 0.25) is 0 Å². The maximum atomic E-state index is 12.4. The molecule has 6 nitrogen and oxygen atoms in total. The summed E-state index contributed by atoms with van der Waals surface area (Å²) in [6.07, 6.45) is -2.84. The van der Waals surface area contributed by atoms with Gasteiger partial charge in [-0.3, -0.25) is 0 Å². The molecule has 0 amide bonds. The minimum absolute atomic E-state index is 0.265. The number of benzene rings is 1. The first-order valence-corrected chi connectivity index (χ1v) is 8.17. The van der Waals surface area contributed by atoms with Crippen molar-refractivity contribution < 1.29 is 27.8 Å². The summed E-state index contributed by atoms with van der Waals surface area (Å²) in [5.74, 6) is -0.0128. The molecule has 0 unspecified atom stereocenters. The molecule has 3 rings (SSSR count). The largest absolute Gasteiger partial charge is 0.573 e. The Labute approximate surface area is 153 Å². The van der Waals surface area contributed by atoms with Crippen LogP contribution >= 0.6 is 0 Å². The minimum Gasteiger partial charge on any atom is -0.477 e. The fourth-order valence-corrected chi connectivity index (χ4v) is 2.39. The van der Waals surface area contributed by atoms with Crippen LogP contribution in [-0.4, -0.2) is 38.3 Å². The number of nitrogens with zero attached hydrogens (tertiary/aromatic N) is 3. The van der Waals surface area contributed by atoms with Crippen LogP contribution in [-0.2, 0) is 0 Å². The molecule has 1 aromatic carbocycles. The molecule has 0 saturated carbocycles. The van der Waals surface area contributed by atoms with Gasteiger partial charge in [-0.25, -0.2) is 9.50 Å². The van der Waals surface area contributed by atoms with Crippen molar-refractivity contribution in [2.75, 3.05) is 6.61 Å². The van der Waals surface area contributed by atoms with Gasteiger partial charge in [0.15, 0.2) is 5.65 Å². The number of ether oxygens (including phenoxy) is 2. The predicted molar refractivity (Wildman–Crippen MR) is 91.5 cm³/mol. The number of halogens is 3. The molecule has 1 N–H and O–H groups in total. The Balaban J connectivity index is 1.87. The number of aromatic nitrogens is 3. The van der Waals surface area contributed by atoms with Gasteiger partial charge in [-0.05, 0) is 32.0 Å². The van der Waals surface area contributed by atoms with Crippen LogP contribution in [0, 0.1) is 0 Å². The molecule has 0 aliphatic carbocycles. The fraction of sp³-hybridized carbons (Fsp3) is 0.333. The van der Waals surface area contributed by atoms with E-state index in [4.69, 9.17) is 4.74 Å². The van der Waals surface area contributed by atoms with Crippen molar-refractivity contribution in [3.05, 3.63) is 42.6 Å². The van der Waals surface area contributed by atoms with E-state index in [0.717, 1.165) is 0 Å². The number of hydrogen-bond donors (Lipinski definition) is 1. The lowest BCUT2D eigenvalue weighted by Gasteiger charge is -2.16. The summed E-state index contributed by atoms with van der Waals surface area (Å²) in [5.41, 5.74) is 0.612. The molecule has 2 aromatic heterocycles. The summed E-state index contributed by atoms with van der Waals surface area (Å²) in [6, 6.07) is 8.90. The fourth-order valence-electron chi connectivity index (χ4n) is 2.39. The van der Waals surface area contributed by atoms with Crippen LogP contribution < -0.4 is 9.47 Å². The molecule has 0 bridgehead atoms. The lowest BCUT2D eigenvalue weighted by Crippen LogP contribution is -2.22. The van der Waals surface area contributed by atoms with Crippen molar-refractivity contribution in [2.45, 2.75) is 32.2 Å². The second-order valence-electron chi connectivity index (χ2n) is 6.57. The highest BCUT2D eigenvalue weighted by atomic mass is 19.4. The summed E-state index contributed by atoms with van der Waals surface area (Å²) in [7, 11) is 0. The van der Waals surface area contributed by atoms with E-state index in [-0.39, 0.29) is 12.4 Å². The normalized spacial score (nSPS) is 12.4. The summed E-state index contributed by atoms with van der Waals surface area (Å²) < 4.78 is 48.3. The minimum atomic E-state index is -4.77. The van der Waals surface area contributed by atoms with E-state index in [9.17, 15) is 18.3 Å². The third-order valence-electron chi connectivity index (χ3n) is 3.67. The molecule has 27 heavy (non-hydrogen) atoms. The number of rotatable bonds is 6. The van der Waals surface area contributed by atoms with Crippen LogP contribution in [0.3, 0.4) is 0 Å². The van der Waals surface area contributed by atoms with Gasteiger partial charge in [0, 0.05) is 18.1 Å². The summed E-state index contributed by atoms with van der Waals surface area (Å²) in [4.78, 5) is 4.20. The Morgan fingerprint density at radius 2 is 1.93 bits per heavy atom. The Hall–Kier alpha value is -2.81. The van der Waals surface area contributed by atoms with E-state index in [1.54, 1.807) is 32.0 Å². The van der Waals surface area contributed by atoms with E-state index >= 15 is 0 Å². The lowest BCUT2D eigenvalue weighted by atomic mass is 10.1. The van der Waals surface area contributed by atoms with Crippen LogP contribution in [0.1, 0.15) is 20.3 Å². The molecule has 0 saturated heterocycles. The van der Waals surface area contributed by atoms with Gasteiger partial charge in [0.1, 0.15) is 5.75 Å². The van der Waals surface area contributed by atoms with Gasteiger partial charge >= 0.3 is 6.36 Å². The Bertz CT molecular complexity index is 933. The SMILES string of the molecule is CC(C)(O)CCOc1ccc2ncc(-c3cccc(OC(F)(F)F)c3)n2n1. The number of fused-ring (bicyclic) bond motifs is 1. The molecule has 0 atom stereocenters. The average Bonchev–Trinajstić information content (AvgIpc) is 2.95. The van der Waals surface area contributed by atoms with Gasteiger partial charge in [0.25, 0.3) is 0 Å².